The third kappa shape index (κ3) is 5.59. The molecule has 1 aliphatic heterocycles. The molecule has 2 aromatic rings. The topological polar surface area (TPSA) is 120 Å². The third-order valence-corrected chi connectivity index (χ3v) is 5.83. The zero-order chi connectivity index (χ0) is 25.2. The number of carboxylic acids is 1. The Labute approximate surface area is 200 Å². The second kappa shape index (κ2) is 10.1. The Kier molecular flexibility index (Phi) is 7.67. The number of carbonyl (C=O) groups excluding carboxylic acids is 1. The van der Waals surface area contributed by atoms with Crippen LogP contribution < -0.4 is 5.73 Å². The summed E-state index contributed by atoms with van der Waals surface area (Å²) in [6, 6.07) is 5.85. The Morgan fingerprint density at radius 2 is 2.00 bits per heavy atom. The van der Waals surface area contributed by atoms with E-state index in [4.69, 9.17) is 25.4 Å². The second-order valence-corrected chi connectivity index (χ2v) is 9.98. The van der Waals surface area contributed by atoms with Crippen LogP contribution in [0.25, 0.3) is 5.69 Å². The molecule has 9 nitrogen and oxygen atoms in total. The lowest BCUT2D eigenvalue weighted by Gasteiger charge is -2.36. The number of ether oxygens (including phenoxy) is 2. The molecule has 1 aromatic heterocycles. The van der Waals surface area contributed by atoms with Gasteiger partial charge in [-0.3, -0.25) is 4.90 Å². The highest BCUT2D eigenvalue weighted by Gasteiger charge is 2.37. The van der Waals surface area contributed by atoms with Gasteiger partial charge in [-0.2, -0.15) is 5.10 Å². The summed E-state index contributed by atoms with van der Waals surface area (Å²) in [5, 5.41) is 13.8. The lowest BCUT2D eigenvalue weighted by Crippen LogP contribution is -2.45. The van der Waals surface area contributed by atoms with Crippen molar-refractivity contribution in [1.82, 2.24) is 14.7 Å². The van der Waals surface area contributed by atoms with Crippen molar-refractivity contribution in [2.45, 2.75) is 72.1 Å². The molecule has 1 aliphatic rings. The van der Waals surface area contributed by atoms with Crippen LogP contribution in [-0.2, 0) is 27.3 Å². The number of aromatic nitrogens is 2. The van der Waals surface area contributed by atoms with Crippen LogP contribution in [0.2, 0.25) is 0 Å². The lowest BCUT2D eigenvalue weighted by atomic mass is 9.96. The minimum absolute atomic E-state index is 0.00339. The molecule has 9 heteroatoms. The number of rotatable bonds is 7. The van der Waals surface area contributed by atoms with Crippen molar-refractivity contribution in [2.24, 2.45) is 5.73 Å². The summed E-state index contributed by atoms with van der Waals surface area (Å²) >= 11 is 0. The number of aliphatic carboxylic acids is 1. The molecule has 1 atom stereocenters. The summed E-state index contributed by atoms with van der Waals surface area (Å²) in [7, 11) is 0. The van der Waals surface area contributed by atoms with Gasteiger partial charge in [-0.1, -0.05) is 26.0 Å². The highest BCUT2D eigenvalue weighted by Crippen LogP contribution is 2.35. The molecule has 3 N–H and O–H groups in total. The quantitative estimate of drug-likeness (QED) is 0.630. The van der Waals surface area contributed by atoms with Crippen molar-refractivity contribution in [1.29, 1.82) is 0 Å². The number of benzene rings is 1. The number of nitrogens with two attached hydrogens (primary N) is 1. The lowest BCUT2D eigenvalue weighted by molar-refractivity contribution is -0.142. The van der Waals surface area contributed by atoms with E-state index in [0.717, 1.165) is 22.5 Å². The van der Waals surface area contributed by atoms with E-state index in [1.54, 1.807) is 4.90 Å². The average molecular weight is 473 g/mol. The van der Waals surface area contributed by atoms with Crippen LogP contribution in [0, 0.1) is 6.92 Å². The zero-order valence-electron chi connectivity index (χ0n) is 20.9. The fraction of sp³-hybridized carbons (Fsp3) is 0.560. The van der Waals surface area contributed by atoms with Gasteiger partial charge in [0.1, 0.15) is 12.2 Å². The molecule has 2 heterocycles. The van der Waals surface area contributed by atoms with E-state index in [-0.39, 0.29) is 13.2 Å². The predicted molar refractivity (Wildman–Crippen MR) is 128 cm³/mol. The summed E-state index contributed by atoms with van der Waals surface area (Å²) in [5.41, 5.74) is 11.1. The number of carbonyl (C=O) groups is 2. The molecule has 0 saturated heterocycles. The molecule has 0 spiro atoms. The van der Waals surface area contributed by atoms with Crippen LogP contribution in [0.1, 0.15) is 74.7 Å². The fourth-order valence-electron chi connectivity index (χ4n) is 4.28. The van der Waals surface area contributed by atoms with E-state index in [1.165, 1.54) is 5.56 Å². The summed E-state index contributed by atoms with van der Waals surface area (Å²) in [5.74, 6) is -0.651. The van der Waals surface area contributed by atoms with Gasteiger partial charge in [0.2, 0.25) is 0 Å². The number of aryl methyl sites for hydroxylation is 1. The van der Waals surface area contributed by atoms with Crippen molar-refractivity contribution in [2.75, 3.05) is 19.7 Å². The van der Waals surface area contributed by atoms with Gasteiger partial charge in [-0.05, 0) is 50.8 Å². The maximum atomic E-state index is 13.0. The van der Waals surface area contributed by atoms with Crippen molar-refractivity contribution in [3.05, 3.63) is 46.3 Å². The molecule has 0 unspecified atom stereocenters. The van der Waals surface area contributed by atoms with Gasteiger partial charge in [-0.25, -0.2) is 14.3 Å². The first-order valence-electron chi connectivity index (χ1n) is 11.6. The van der Waals surface area contributed by atoms with E-state index in [0.29, 0.717) is 24.6 Å². The Bertz CT molecular complexity index is 1050. The molecular weight excluding hydrogens is 436 g/mol. The highest BCUT2D eigenvalue weighted by atomic mass is 16.6. The van der Waals surface area contributed by atoms with Crippen LogP contribution in [0.15, 0.2) is 18.2 Å². The molecule has 1 aromatic carbocycles. The first-order valence-corrected chi connectivity index (χ1v) is 11.6. The maximum Gasteiger partial charge on any atom is 0.410 e. The Morgan fingerprint density at radius 1 is 1.29 bits per heavy atom. The van der Waals surface area contributed by atoms with Gasteiger partial charge in [-0.15, -0.1) is 0 Å². The van der Waals surface area contributed by atoms with Crippen LogP contribution in [-0.4, -0.2) is 57.1 Å². The number of carboxylic acid groups (broad SMARTS) is 1. The van der Waals surface area contributed by atoms with Crippen LogP contribution in [0.3, 0.4) is 0 Å². The van der Waals surface area contributed by atoms with E-state index in [2.05, 4.69) is 32.0 Å². The molecule has 0 fully saturated rings. The number of fused-ring (bicyclic) bond motifs is 1. The Hall–Kier alpha value is -2.91. The van der Waals surface area contributed by atoms with Gasteiger partial charge >= 0.3 is 12.1 Å². The molecule has 0 aliphatic carbocycles. The number of amides is 1. The Morgan fingerprint density at radius 3 is 2.56 bits per heavy atom. The van der Waals surface area contributed by atoms with Crippen LogP contribution in [0.4, 0.5) is 4.79 Å². The minimum Gasteiger partial charge on any atom is -0.480 e. The van der Waals surface area contributed by atoms with Crippen LogP contribution in [0.5, 0.6) is 0 Å². The summed E-state index contributed by atoms with van der Waals surface area (Å²) in [6.45, 7) is 12.0. The van der Waals surface area contributed by atoms with Crippen molar-refractivity contribution >= 4 is 12.1 Å². The van der Waals surface area contributed by atoms with Gasteiger partial charge in [0.15, 0.2) is 0 Å². The van der Waals surface area contributed by atoms with E-state index >= 15 is 0 Å². The normalized spacial score (nSPS) is 16.0. The zero-order valence-corrected chi connectivity index (χ0v) is 20.9. The average Bonchev–Trinajstić information content (AvgIpc) is 3.10. The minimum atomic E-state index is -1.06. The SMILES string of the molecule is Cc1cc(C(C)C)ccc1-n1nc(COCC(=O)O)c2c1CCN(C(=O)OC(C)(C)C)[C@H]2CN. The van der Waals surface area contributed by atoms with Crippen molar-refractivity contribution < 1.29 is 24.2 Å². The smallest absolute Gasteiger partial charge is 0.410 e. The van der Waals surface area contributed by atoms with E-state index in [9.17, 15) is 9.59 Å². The highest BCUT2D eigenvalue weighted by molar-refractivity contribution is 5.70. The first-order chi connectivity index (χ1) is 15.9. The molecule has 0 bridgehead atoms. The summed E-state index contributed by atoms with van der Waals surface area (Å²) in [4.78, 5) is 25.6. The molecule has 1 amide bonds. The fourth-order valence-corrected chi connectivity index (χ4v) is 4.28. The molecule has 0 saturated carbocycles. The van der Waals surface area contributed by atoms with Crippen LogP contribution >= 0.6 is 0 Å². The van der Waals surface area contributed by atoms with E-state index < -0.39 is 30.3 Å². The Balaban J connectivity index is 2.07. The largest absolute Gasteiger partial charge is 0.480 e. The predicted octanol–water partition coefficient (Wildman–Crippen LogP) is 3.70. The number of nitrogens with zero attached hydrogens (tertiary/aromatic N) is 3. The van der Waals surface area contributed by atoms with Gasteiger partial charge in [0.25, 0.3) is 0 Å². The van der Waals surface area contributed by atoms with Crippen molar-refractivity contribution in [3.8, 4) is 5.69 Å². The van der Waals surface area contributed by atoms with Gasteiger partial charge in [0.05, 0.1) is 29.7 Å². The monoisotopic (exact) mass is 472 g/mol. The molecule has 0 radical (unpaired) electrons. The second-order valence-electron chi connectivity index (χ2n) is 9.98. The molecule has 186 valence electrons. The van der Waals surface area contributed by atoms with E-state index in [1.807, 2.05) is 32.4 Å². The first kappa shape index (κ1) is 25.7. The standard InChI is InChI=1S/C25H36N4O5/c1-15(2)17-7-8-19(16(3)11-17)29-20-9-10-28(24(32)34-25(4,5)6)21(12-26)23(20)18(27-29)13-33-14-22(30)31/h7-8,11,15,21H,9-10,12-14,26H2,1-6H3,(H,30,31)/t21-/m0/s1. The molecular formula is C25H36N4O5. The molecule has 3 rings (SSSR count). The van der Waals surface area contributed by atoms with Gasteiger partial charge < -0.3 is 20.3 Å². The van der Waals surface area contributed by atoms with Crippen molar-refractivity contribution in [3.63, 3.8) is 0 Å². The maximum absolute atomic E-state index is 13.0. The third-order valence-electron chi connectivity index (χ3n) is 5.83. The summed E-state index contributed by atoms with van der Waals surface area (Å²) in [6.07, 6.45) is 0.124. The summed E-state index contributed by atoms with van der Waals surface area (Å²) < 4.78 is 12.9. The molecule has 34 heavy (non-hydrogen) atoms. The number of hydrogen-bond acceptors (Lipinski definition) is 6. The number of hydrogen-bond donors (Lipinski definition) is 2. The van der Waals surface area contributed by atoms with Gasteiger partial charge in [0, 0.05) is 25.1 Å².